The quantitative estimate of drug-likeness (QED) is 0.802. The zero-order chi connectivity index (χ0) is 17.2. The van der Waals surface area contributed by atoms with Crippen LogP contribution in [0.15, 0.2) is 47.4 Å². The van der Waals surface area contributed by atoms with Crippen molar-refractivity contribution in [1.29, 1.82) is 0 Å². The second-order valence-electron chi connectivity index (χ2n) is 5.01. The Labute approximate surface area is 132 Å². The summed E-state index contributed by atoms with van der Waals surface area (Å²) in [6, 6.07) is 8.16. The van der Waals surface area contributed by atoms with Crippen molar-refractivity contribution in [3.8, 4) is 0 Å². The molecule has 0 fully saturated rings. The van der Waals surface area contributed by atoms with Crippen LogP contribution in [0.4, 0.5) is 8.78 Å². The fourth-order valence-corrected chi connectivity index (χ4v) is 2.64. The lowest BCUT2D eigenvalue weighted by molar-refractivity contribution is 0.0330. The van der Waals surface area contributed by atoms with Gasteiger partial charge in [0.25, 0.3) is 0 Å². The summed E-state index contributed by atoms with van der Waals surface area (Å²) in [6.07, 6.45) is -0.0116. The van der Waals surface area contributed by atoms with Crippen molar-refractivity contribution in [2.24, 2.45) is 0 Å². The molecule has 0 saturated carbocycles. The Balaban J connectivity index is 2.24. The second-order valence-corrected chi connectivity index (χ2v) is 7.03. The topological polar surface area (TPSA) is 60.4 Å². The lowest BCUT2D eigenvalue weighted by Gasteiger charge is -2.14. The van der Waals surface area contributed by atoms with Gasteiger partial charge in [-0.25, -0.2) is 22.0 Å². The van der Waals surface area contributed by atoms with Crippen molar-refractivity contribution >= 4 is 15.8 Å². The maximum Gasteiger partial charge on any atom is 0.338 e. The zero-order valence-corrected chi connectivity index (χ0v) is 13.2. The van der Waals surface area contributed by atoms with Gasteiger partial charge < -0.3 is 4.74 Å². The molecule has 0 N–H and O–H groups in total. The number of ether oxygens (including phenoxy) is 1. The molecule has 122 valence electrons. The average molecular weight is 340 g/mol. The van der Waals surface area contributed by atoms with E-state index in [2.05, 4.69) is 0 Å². The molecule has 0 aliphatic heterocycles. The van der Waals surface area contributed by atoms with Crippen LogP contribution >= 0.6 is 0 Å². The number of carbonyl (C=O) groups is 1. The standard InChI is InChI=1S/C16H14F2O4S/c1-10(14-9-12(17)6-7-15(14)18)22-16(19)11-4-3-5-13(8-11)23(2,20)21/h3-10H,1-2H3/t10-/m1/s1. The van der Waals surface area contributed by atoms with Gasteiger partial charge in [0, 0.05) is 11.8 Å². The minimum absolute atomic E-state index is 0.0107. The van der Waals surface area contributed by atoms with E-state index in [1.807, 2.05) is 0 Å². The molecule has 0 saturated heterocycles. The first-order valence-electron chi connectivity index (χ1n) is 6.64. The third kappa shape index (κ3) is 4.13. The third-order valence-corrected chi connectivity index (χ3v) is 4.29. The van der Waals surface area contributed by atoms with Gasteiger partial charge in [-0.15, -0.1) is 0 Å². The van der Waals surface area contributed by atoms with E-state index in [4.69, 9.17) is 4.74 Å². The van der Waals surface area contributed by atoms with Crippen molar-refractivity contribution in [3.63, 3.8) is 0 Å². The Kier molecular flexibility index (Phi) is 4.79. The van der Waals surface area contributed by atoms with Gasteiger partial charge >= 0.3 is 5.97 Å². The molecular weight excluding hydrogens is 326 g/mol. The van der Waals surface area contributed by atoms with Crippen LogP contribution in [0.5, 0.6) is 0 Å². The monoisotopic (exact) mass is 340 g/mol. The first-order chi connectivity index (χ1) is 10.7. The van der Waals surface area contributed by atoms with Gasteiger partial charge in [-0.1, -0.05) is 6.07 Å². The number of rotatable bonds is 4. The summed E-state index contributed by atoms with van der Waals surface area (Å²) < 4.78 is 54.9. The Morgan fingerprint density at radius 3 is 2.48 bits per heavy atom. The van der Waals surface area contributed by atoms with Crippen LogP contribution in [0.2, 0.25) is 0 Å². The van der Waals surface area contributed by atoms with E-state index in [0.717, 1.165) is 24.5 Å². The number of esters is 1. The van der Waals surface area contributed by atoms with Crippen molar-refractivity contribution in [3.05, 3.63) is 65.2 Å². The van der Waals surface area contributed by atoms with E-state index < -0.39 is 33.5 Å². The van der Waals surface area contributed by atoms with Crippen LogP contribution in [-0.4, -0.2) is 20.6 Å². The molecule has 7 heteroatoms. The maximum atomic E-state index is 13.7. The fourth-order valence-electron chi connectivity index (χ4n) is 1.97. The Morgan fingerprint density at radius 2 is 1.83 bits per heavy atom. The van der Waals surface area contributed by atoms with Crippen LogP contribution in [0.3, 0.4) is 0 Å². The SMILES string of the molecule is C[C@@H](OC(=O)c1cccc(S(C)(=O)=O)c1)c1cc(F)ccc1F. The van der Waals surface area contributed by atoms with Gasteiger partial charge in [-0.3, -0.25) is 0 Å². The van der Waals surface area contributed by atoms with Crippen LogP contribution in [0.25, 0.3) is 0 Å². The maximum absolute atomic E-state index is 13.7. The number of carbonyl (C=O) groups excluding carboxylic acids is 1. The molecule has 0 amide bonds. The van der Waals surface area contributed by atoms with Crippen molar-refractivity contribution < 1.29 is 26.7 Å². The van der Waals surface area contributed by atoms with Crippen molar-refractivity contribution in [1.82, 2.24) is 0 Å². The van der Waals surface area contributed by atoms with Crippen LogP contribution in [0, 0.1) is 11.6 Å². The summed E-state index contributed by atoms with van der Waals surface area (Å²) in [7, 11) is -3.47. The van der Waals surface area contributed by atoms with Gasteiger partial charge in [0.15, 0.2) is 9.84 Å². The molecule has 0 heterocycles. The largest absolute Gasteiger partial charge is 0.454 e. The molecule has 2 rings (SSSR count). The molecule has 0 aliphatic rings. The highest BCUT2D eigenvalue weighted by Crippen LogP contribution is 2.23. The van der Waals surface area contributed by atoms with E-state index in [0.29, 0.717) is 0 Å². The molecular formula is C16H14F2O4S. The molecule has 0 spiro atoms. The normalized spacial score (nSPS) is 12.7. The first-order valence-corrected chi connectivity index (χ1v) is 8.53. The van der Waals surface area contributed by atoms with Crippen LogP contribution in [0.1, 0.15) is 28.9 Å². The Bertz CT molecular complexity index is 847. The third-order valence-electron chi connectivity index (χ3n) is 3.18. The van der Waals surface area contributed by atoms with Gasteiger partial charge in [0.1, 0.15) is 17.7 Å². The number of halogens is 2. The molecule has 2 aromatic carbocycles. The molecule has 0 radical (unpaired) electrons. The van der Waals surface area contributed by atoms with E-state index >= 15 is 0 Å². The van der Waals surface area contributed by atoms with Crippen LogP contribution < -0.4 is 0 Å². The summed E-state index contributed by atoms with van der Waals surface area (Å²) >= 11 is 0. The molecule has 2 aromatic rings. The number of sulfone groups is 1. The molecule has 0 bridgehead atoms. The Morgan fingerprint density at radius 1 is 1.13 bits per heavy atom. The zero-order valence-electron chi connectivity index (χ0n) is 12.4. The van der Waals surface area contributed by atoms with Gasteiger partial charge in [-0.2, -0.15) is 0 Å². The summed E-state index contributed by atoms with van der Waals surface area (Å²) in [4.78, 5) is 12.0. The van der Waals surface area contributed by atoms with E-state index in [9.17, 15) is 22.0 Å². The smallest absolute Gasteiger partial charge is 0.338 e. The van der Waals surface area contributed by atoms with Gasteiger partial charge in [0.2, 0.25) is 0 Å². The highest BCUT2D eigenvalue weighted by molar-refractivity contribution is 7.90. The first kappa shape index (κ1) is 17.1. The lowest BCUT2D eigenvalue weighted by atomic mass is 10.1. The summed E-state index contributed by atoms with van der Waals surface area (Å²) in [5, 5.41) is 0. The average Bonchev–Trinajstić information content (AvgIpc) is 2.48. The summed E-state index contributed by atoms with van der Waals surface area (Å²) in [6.45, 7) is 1.40. The molecule has 4 nitrogen and oxygen atoms in total. The second kappa shape index (κ2) is 6.45. The molecule has 0 aromatic heterocycles. The number of hydrogen-bond acceptors (Lipinski definition) is 4. The molecule has 23 heavy (non-hydrogen) atoms. The van der Waals surface area contributed by atoms with Crippen molar-refractivity contribution in [2.45, 2.75) is 17.9 Å². The predicted molar refractivity (Wildman–Crippen MR) is 79.7 cm³/mol. The van der Waals surface area contributed by atoms with E-state index in [1.165, 1.54) is 31.2 Å². The fraction of sp³-hybridized carbons (Fsp3) is 0.188. The summed E-state index contributed by atoms with van der Waals surface area (Å²) in [5.74, 6) is -2.17. The van der Waals surface area contributed by atoms with Gasteiger partial charge in [0.05, 0.1) is 10.5 Å². The van der Waals surface area contributed by atoms with E-state index in [-0.39, 0.29) is 16.0 Å². The summed E-state index contributed by atoms with van der Waals surface area (Å²) in [5.41, 5.74) is -0.0887. The van der Waals surface area contributed by atoms with Crippen molar-refractivity contribution in [2.75, 3.05) is 6.26 Å². The molecule has 0 unspecified atom stereocenters. The molecule has 1 atom stereocenters. The number of benzene rings is 2. The minimum Gasteiger partial charge on any atom is -0.454 e. The highest BCUT2D eigenvalue weighted by Gasteiger charge is 2.19. The van der Waals surface area contributed by atoms with E-state index in [1.54, 1.807) is 0 Å². The lowest BCUT2D eigenvalue weighted by Crippen LogP contribution is -2.11. The number of hydrogen-bond donors (Lipinski definition) is 0. The predicted octanol–water partition coefficient (Wildman–Crippen LogP) is 3.29. The molecule has 0 aliphatic carbocycles. The minimum atomic E-state index is -3.47. The van der Waals surface area contributed by atoms with Crippen LogP contribution in [-0.2, 0) is 14.6 Å². The van der Waals surface area contributed by atoms with Gasteiger partial charge in [-0.05, 0) is 43.3 Å². The Hall–Kier alpha value is -2.28. The highest BCUT2D eigenvalue weighted by atomic mass is 32.2.